The number of thioether (sulfide) groups is 1. The first-order chi connectivity index (χ1) is 10.1. The van der Waals surface area contributed by atoms with Crippen molar-refractivity contribution in [3.05, 3.63) is 29.3 Å². The summed E-state index contributed by atoms with van der Waals surface area (Å²) in [5.74, 6) is 1.15. The summed E-state index contributed by atoms with van der Waals surface area (Å²) in [5.41, 5.74) is 2.77. The van der Waals surface area contributed by atoms with E-state index in [1.54, 1.807) is 0 Å². The molecule has 0 saturated carbocycles. The molecule has 0 atom stereocenters. The fraction of sp³-hybridized carbons (Fsp3) is 0.647. The molecule has 0 amide bonds. The van der Waals surface area contributed by atoms with E-state index >= 15 is 0 Å². The van der Waals surface area contributed by atoms with E-state index in [1.165, 1.54) is 16.0 Å². The number of ether oxygens (including phenoxy) is 1. The van der Waals surface area contributed by atoms with Gasteiger partial charge in [0.1, 0.15) is 0 Å². The fourth-order valence-corrected chi connectivity index (χ4v) is 3.43. The summed E-state index contributed by atoms with van der Waals surface area (Å²) in [5, 5.41) is 0. The Morgan fingerprint density at radius 2 is 1.90 bits per heavy atom. The van der Waals surface area contributed by atoms with Crippen LogP contribution in [0.1, 0.15) is 11.1 Å². The summed E-state index contributed by atoms with van der Waals surface area (Å²) in [6, 6.07) is 6.76. The maximum atomic E-state index is 5.38. The van der Waals surface area contributed by atoms with Crippen LogP contribution >= 0.6 is 11.8 Å². The average molecular weight is 308 g/mol. The molecule has 0 aromatic heterocycles. The third-order valence-corrected chi connectivity index (χ3v) is 5.10. The van der Waals surface area contributed by atoms with Gasteiger partial charge in [0.15, 0.2) is 0 Å². The summed E-state index contributed by atoms with van der Waals surface area (Å²) >= 11 is 1.96. The molecule has 3 nitrogen and oxygen atoms in total. The lowest BCUT2D eigenvalue weighted by Gasteiger charge is -2.28. The molecule has 1 aromatic carbocycles. The number of nitrogens with zero attached hydrogens (tertiary/aromatic N) is 2. The van der Waals surface area contributed by atoms with Crippen LogP contribution in [0, 0.1) is 13.8 Å². The van der Waals surface area contributed by atoms with Gasteiger partial charge in [-0.3, -0.25) is 4.90 Å². The zero-order chi connectivity index (χ0) is 15.1. The van der Waals surface area contributed by atoms with Crippen LogP contribution in [0.5, 0.6) is 0 Å². The van der Waals surface area contributed by atoms with Gasteiger partial charge in [0, 0.05) is 43.4 Å². The fourth-order valence-electron chi connectivity index (χ4n) is 2.37. The van der Waals surface area contributed by atoms with Gasteiger partial charge in [-0.05, 0) is 44.2 Å². The van der Waals surface area contributed by atoms with Crippen molar-refractivity contribution < 1.29 is 4.74 Å². The van der Waals surface area contributed by atoms with Crippen molar-refractivity contribution in [1.29, 1.82) is 0 Å². The molecule has 0 radical (unpaired) electrons. The van der Waals surface area contributed by atoms with Crippen molar-refractivity contribution in [2.75, 3.05) is 58.7 Å². The van der Waals surface area contributed by atoms with Crippen LogP contribution in [-0.2, 0) is 4.74 Å². The van der Waals surface area contributed by atoms with Crippen LogP contribution < -0.4 is 0 Å². The van der Waals surface area contributed by atoms with E-state index in [2.05, 4.69) is 48.9 Å². The molecule has 0 unspecified atom stereocenters. The van der Waals surface area contributed by atoms with E-state index in [0.29, 0.717) is 0 Å². The number of rotatable bonds is 7. The predicted octanol–water partition coefficient (Wildman–Crippen LogP) is 2.66. The largest absolute Gasteiger partial charge is 0.379 e. The lowest BCUT2D eigenvalue weighted by molar-refractivity contribution is 0.0347. The normalized spacial score (nSPS) is 16.6. The van der Waals surface area contributed by atoms with Crippen molar-refractivity contribution in [3.63, 3.8) is 0 Å². The highest BCUT2D eigenvalue weighted by Crippen LogP contribution is 2.20. The number of morpholine rings is 1. The van der Waals surface area contributed by atoms with Crippen molar-refractivity contribution in [3.8, 4) is 0 Å². The molecule has 21 heavy (non-hydrogen) atoms. The SMILES string of the molecule is Cc1ccc(SCCN(C)CCN2CCOCC2)cc1C. The molecule has 1 heterocycles. The van der Waals surface area contributed by atoms with Crippen molar-refractivity contribution in [2.45, 2.75) is 18.7 Å². The molecule has 4 heteroatoms. The lowest BCUT2D eigenvalue weighted by atomic mass is 10.1. The molecule has 2 rings (SSSR count). The molecule has 1 aliphatic heterocycles. The van der Waals surface area contributed by atoms with Crippen LogP contribution in [0.15, 0.2) is 23.1 Å². The third-order valence-electron chi connectivity index (χ3n) is 4.12. The molecule has 0 spiro atoms. The van der Waals surface area contributed by atoms with E-state index in [-0.39, 0.29) is 0 Å². The van der Waals surface area contributed by atoms with Gasteiger partial charge in [0.05, 0.1) is 13.2 Å². The minimum atomic E-state index is 0.895. The number of hydrogen-bond donors (Lipinski definition) is 0. The van der Waals surface area contributed by atoms with E-state index < -0.39 is 0 Å². The smallest absolute Gasteiger partial charge is 0.0594 e. The summed E-state index contributed by atoms with van der Waals surface area (Å²) in [6.45, 7) is 11.8. The molecule has 1 fully saturated rings. The Morgan fingerprint density at radius 3 is 2.62 bits per heavy atom. The second-order valence-corrected chi connectivity index (χ2v) is 7.02. The molecular formula is C17H28N2OS. The van der Waals surface area contributed by atoms with Crippen LogP contribution in [0.3, 0.4) is 0 Å². The Morgan fingerprint density at radius 1 is 1.14 bits per heavy atom. The molecule has 0 aliphatic carbocycles. The standard InChI is InChI=1S/C17H28N2OS/c1-15-4-5-17(14-16(15)2)21-13-10-18(3)6-7-19-8-11-20-12-9-19/h4-5,14H,6-13H2,1-3H3. The predicted molar refractivity (Wildman–Crippen MR) is 91.4 cm³/mol. The lowest BCUT2D eigenvalue weighted by Crippen LogP contribution is -2.41. The van der Waals surface area contributed by atoms with Crippen molar-refractivity contribution in [1.82, 2.24) is 9.80 Å². The van der Waals surface area contributed by atoms with Crippen LogP contribution in [0.2, 0.25) is 0 Å². The van der Waals surface area contributed by atoms with E-state index in [0.717, 1.165) is 51.7 Å². The molecule has 0 bridgehead atoms. The first kappa shape index (κ1) is 16.8. The molecular weight excluding hydrogens is 280 g/mol. The van der Waals surface area contributed by atoms with Crippen LogP contribution in [0.4, 0.5) is 0 Å². The first-order valence-corrected chi connectivity index (χ1v) is 8.82. The highest BCUT2D eigenvalue weighted by atomic mass is 32.2. The van der Waals surface area contributed by atoms with Gasteiger partial charge < -0.3 is 9.64 Å². The monoisotopic (exact) mass is 308 g/mol. The minimum absolute atomic E-state index is 0.895. The second-order valence-electron chi connectivity index (χ2n) is 5.85. The summed E-state index contributed by atoms with van der Waals surface area (Å²) < 4.78 is 5.38. The summed E-state index contributed by atoms with van der Waals surface area (Å²) in [7, 11) is 2.22. The van der Waals surface area contributed by atoms with Gasteiger partial charge in [-0.15, -0.1) is 11.8 Å². The van der Waals surface area contributed by atoms with Gasteiger partial charge in [-0.25, -0.2) is 0 Å². The van der Waals surface area contributed by atoms with Crippen molar-refractivity contribution >= 4 is 11.8 Å². The molecule has 1 aliphatic rings. The third kappa shape index (κ3) is 5.99. The highest BCUT2D eigenvalue weighted by Gasteiger charge is 2.10. The second kappa shape index (κ2) is 8.79. The van der Waals surface area contributed by atoms with Crippen LogP contribution in [0.25, 0.3) is 0 Å². The highest BCUT2D eigenvalue weighted by molar-refractivity contribution is 7.99. The molecule has 1 aromatic rings. The van der Waals surface area contributed by atoms with Gasteiger partial charge in [-0.2, -0.15) is 0 Å². The summed E-state index contributed by atoms with van der Waals surface area (Å²) in [6.07, 6.45) is 0. The maximum absolute atomic E-state index is 5.38. The Kier molecular flexibility index (Phi) is 7.04. The Balaban J connectivity index is 1.62. The number of likely N-dealkylation sites (N-methyl/N-ethyl adjacent to an activating group) is 1. The molecule has 1 saturated heterocycles. The van der Waals surface area contributed by atoms with Gasteiger partial charge in [0.25, 0.3) is 0 Å². The number of benzene rings is 1. The van der Waals surface area contributed by atoms with Crippen molar-refractivity contribution in [2.24, 2.45) is 0 Å². The van der Waals surface area contributed by atoms with E-state index in [9.17, 15) is 0 Å². The van der Waals surface area contributed by atoms with Crippen LogP contribution in [-0.4, -0.2) is 68.5 Å². The Bertz CT molecular complexity index is 433. The van der Waals surface area contributed by atoms with E-state index in [4.69, 9.17) is 4.74 Å². The number of aryl methyl sites for hydroxylation is 2. The Labute approximate surface area is 133 Å². The van der Waals surface area contributed by atoms with E-state index in [1.807, 2.05) is 11.8 Å². The maximum Gasteiger partial charge on any atom is 0.0594 e. The minimum Gasteiger partial charge on any atom is -0.379 e. The zero-order valence-corrected chi connectivity index (χ0v) is 14.4. The number of hydrogen-bond acceptors (Lipinski definition) is 4. The Hall–Kier alpha value is -0.550. The zero-order valence-electron chi connectivity index (χ0n) is 13.6. The molecule has 0 N–H and O–H groups in total. The summed E-state index contributed by atoms with van der Waals surface area (Å²) in [4.78, 5) is 6.32. The quantitative estimate of drug-likeness (QED) is 0.719. The van der Waals surface area contributed by atoms with Gasteiger partial charge >= 0.3 is 0 Å². The topological polar surface area (TPSA) is 15.7 Å². The van der Waals surface area contributed by atoms with Gasteiger partial charge in [-0.1, -0.05) is 6.07 Å². The first-order valence-electron chi connectivity index (χ1n) is 7.84. The molecule has 118 valence electrons. The van der Waals surface area contributed by atoms with Gasteiger partial charge in [0.2, 0.25) is 0 Å². The average Bonchev–Trinajstić information content (AvgIpc) is 2.50.